The van der Waals surface area contributed by atoms with E-state index < -0.39 is 24.3 Å². The van der Waals surface area contributed by atoms with Crippen LogP contribution in [0.25, 0.3) is 5.65 Å². The molecular weight excluding hydrogens is 548 g/mol. The highest BCUT2D eigenvalue weighted by atomic mass is 19.4. The first-order valence-electron chi connectivity index (χ1n) is 12.2. The maximum atomic E-state index is 10.6. The number of anilines is 1. The minimum absolute atomic E-state index is 0.490. The van der Waals surface area contributed by atoms with Gasteiger partial charge in [0.1, 0.15) is 0 Å². The maximum Gasteiger partial charge on any atom is 0.490 e. The average Bonchev–Trinajstić information content (AvgIpc) is 3.32. The predicted molar refractivity (Wildman–Crippen MR) is 133 cm³/mol. The number of aromatic nitrogens is 3. The number of benzene rings is 1. The number of halogens is 6. The van der Waals surface area contributed by atoms with Crippen LogP contribution < -0.4 is 5.32 Å². The second kappa shape index (κ2) is 14.5. The van der Waals surface area contributed by atoms with Gasteiger partial charge in [-0.15, -0.1) is 0 Å². The van der Waals surface area contributed by atoms with Crippen LogP contribution in [-0.2, 0) is 16.1 Å². The zero-order valence-corrected chi connectivity index (χ0v) is 21.4. The average molecular weight is 578 g/mol. The summed E-state index contributed by atoms with van der Waals surface area (Å²) in [5.74, 6) is -4.02. The highest BCUT2D eigenvalue weighted by Crippen LogP contribution is 2.26. The molecule has 1 aromatic carbocycles. The fourth-order valence-electron chi connectivity index (χ4n) is 3.71. The van der Waals surface area contributed by atoms with E-state index in [9.17, 15) is 26.3 Å². The molecule has 0 radical (unpaired) electrons. The van der Waals surface area contributed by atoms with Gasteiger partial charge in [0, 0.05) is 12.5 Å². The third-order valence-corrected chi connectivity index (χ3v) is 5.66. The first kappa shape index (κ1) is 32.3. The second-order valence-corrected chi connectivity index (χ2v) is 8.75. The summed E-state index contributed by atoms with van der Waals surface area (Å²) in [7, 11) is 0. The van der Waals surface area contributed by atoms with E-state index in [-0.39, 0.29) is 0 Å². The lowest BCUT2D eigenvalue weighted by molar-refractivity contribution is -0.193. The Bertz CT molecular complexity index is 1200. The molecule has 0 saturated carbocycles. The van der Waals surface area contributed by atoms with Gasteiger partial charge >= 0.3 is 24.3 Å². The molecule has 1 aliphatic heterocycles. The Morgan fingerprint density at radius 1 is 0.950 bits per heavy atom. The van der Waals surface area contributed by atoms with Crippen molar-refractivity contribution < 1.29 is 46.1 Å². The predicted octanol–water partition coefficient (Wildman–Crippen LogP) is 5.20. The van der Waals surface area contributed by atoms with Crippen LogP contribution in [0.5, 0.6) is 0 Å². The first-order valence-corrected chi connectivity index (χ1v) is 12.2. The van der Waals surface area contributed by atoms with Gasteiger partial charge in [0.15, 0.2) is 11.5 Å². The molecule has 0 bridgehead atoms. The summed E-state index contributed by atoms with van der Waals surface area (Å²) in [6, 6.07) is 14.6. The lowest BCUT2D eigenvalue weighted by Gasteiger charge is -2.30. The van der Waals surface area contributed by atoms with Crippen molar-refractivity contribution in [2.45, 2.75) is 51.0 Å². The lowest BCUT2D eigenvalue weighted by atomic mass is 9.96. The summed E-state index contributed by atoms with van der Waals surface area (Å²) in [6.45, 7) is 6.60. The van der Waals surface area contributed by atoms with Gasteiger partial charge in [-0.2, -0.15) is 31.4 Å². The van der Waals surface area contributed by atoms with Crippen molar-refractivity contribution in [2.75, 3.05) is 25.0 Å². The molecule has 2 aromatic heterocycles. The molecule has 0 aliphatic carbocycles. The van der Waals surface area contributed by atoms with Crippen LogP contribution in [0.1, 0.15) is 43.5 Å². The zero-order chi connectivity index (χ0) is 29.9. The number of likely N-dealkylation sites (tertiary alicyclic amines) is 1. The number of hydrogen-bond donors (Lipinski definition) is 3. The molecule has 220 valence electrons. The molecule has 40 heavy (non-hydrogen) atoms. The number of piperidine rings is 1. The Morgan fingerprint density at radius 2 is 1.50 bits per heavy atom. The third kappa shape index (κ3) is 10.7. The molecule has 4 rings (SSSR count). The summed E-state index contributed by atoms with van der Waals surface area (Å²) in [6.07, 6.45) is -4.57. The molecule has 0 atom stereocenters. The Labute approximate surface area is 225 Å². The lowest BCUT2D eigenvalue weighted by Crippen LogP contribution is -2.33. The molecule has 0 unspecified atom stereocenters. The monoisotopic (exact) mass is 577 g/mol. The Hall–Kier alpha value is -3.88. The fourth-order valence-corrected chi connectivity index (χ4v) is 3.71. The number of fused-ring (bicyclic) bond motifs is 1. The number of carboxylic acids is 2. The molecular formula is C25H29F6N5O4. The number of nitrogens with one attached hydrogen (secondary N) is 1. The number of hydrogen-bond acceptors (Lipinski definition) is 6. The van der Waals surface area contributed by atoms with E-state index in [0.717, 1.165) is 49.6 Å². The van der Waals surface area contributed by atoms with Crippen molar-refractivity contribution in [2.24, 2.45) is 0 Å². The number of carbonyl (C=O) groups is 2. The normalized spacial score (nSPS) is 14.5. The number of pyridine rings is 1. The Balaban J connectivity index is 0.000000333. The number of rotatable bonds is 6. The minimum Gasteiger partial charge on any atom is -0.475 e. The van der Waals surface area contributed by atoms with E-state index in [0.29, 0.717) is 5.92 Å². The number of alkyl halides is 6. The summed E-state index contributed by atoms with van der Waals surface area (Å²) < 4.78 is 65.4. The summed E-state index contributed by atoms with van der Waals surface area (Å²) >= 11 is 0. The Kier molecular flexibility index (Phi) is 11.7. The van der Waals surface area contributed by atoms with E-state index in [4.69, 9.17) is 29.9 Å². The van der Waals surface area contributed by atoms with E-state index >= 15 is 0 Å². The van der Waals surface area contributed by atoms with Gasteiger partial charge in [0.2, 0.25) is 0 Å². The molecule has 0 spiro atoms. The van der Waals surface area contributed by atoms with Crippen LogP contribution in [-0.4, -0.2) is 73.6 Å². The highest BCUT2D eigenvalue weighted by molar-refractivity contribution is 5.73. The van der Waals surface area contributed by atoms with Gasteiger partial charge in [0.05, 0.1) is 11.9 Å². The number of aliphatic carboxylic acids is 2. The third-order valence-electron chi connectivity index (χ3n) is 5.66. The second-order valence-electron chi connectivity index (χ2n) is 8.75. The van der Waals surface area contributed by atoms with Gasteiger partial charge in [-0.25, -0.2) is 19.1 Å². The van der Waals surface area contributed by atoms with E-state index in [2.05, 4.69) is 53.5 Å². The van der Waals surface area contributed by atoms with Gasteiger partial charge < -0.3 is 20.4 Å². The standard InChI is InChI=1S/C21H27N5.2C2HF3O2/c1-2-12-25-13-10-18(11-14-25)21-23-20-9-8-19(16-26(20)24-21)22-15-17-6-4-3-5-7-17;2*3-2(4,5)1(6)7/h3-9,16,18,22H,2,10-15H2,1H3;2*(H,6,7). The Morgan fingerprint density at radius 3 is 2.00 bits per heavy atom. The smallest absolute Gasteiger partial charge is 0.475 e. The zero-order valence-electron chi connectivity index (χ0n) is 21.4. The van der Waals surface area contributed by atoms with Crippen molar-refractivity contribution >= 4 is 23.3 Å². The minimum atomic E-state index is -5.08. The molecule has 3 heterocycles. The number of nitrogens with zero attached hydrogens (tertiary/aromatic N) is 4. The van der Waals surface area contributed by atoms with Gasteiger partial charge in [-0.05, 0) is 56.6 Å². The molecule has 3 aromatic rings. The summed E-state index contributed by atoms with van der Waals surface area (Å²) in [4.78, 5) is 25.1. The summed E-state index contributed by atoms with van der Waals surface area (Å²) in [5.41, 5.74) is 3.27. The van der Waals surface area contributed by atoms with Crippen LogP contribution in [0, 0.1) is 0 Å². The SMILES string of the molecule is CCCN1CCC(c2nc3ccc(NCc4ccccc4)cn3n2)CC1.O=C(O)C(F)(F)F.O=C(O)C(F)(F)F. The molecule has 1 fully saturated rings. The first-order chi connectivity index (χ1) is 18.7. The van der Waals surface area contributed by atoms with Crippen LogP contribution >= 0.6 is 0 Å². The number of carboxylic acid groups (broad SMARTS) is 2. The van der Waals surface area contributed by atoms with Crippen LogP contribution in [0.15, 0.2) is 48.7 Å². The van der Waals surface area contributed by atoms with Gasteiger partial charge in [-0.1, -0.05) is 37.3 Å². The topological polar surface area (TPSA) is 120 Å². The van der Waals surface area contributed by atoms with Gasteiger partial charge in [-0.3, -0.25) is 0 Å². The molecule has 15 heteroatoms. The van der Waals surface area contributed by atoms with E-state index in [1.54, 1.807) is 0 Å². The summed E-state index contributed by atoms with van der Waals surface area (Å²) in [5, 5.41) is 22.5. The molecule has 1 aliphatic rings. The molecule has 9 nitrogen and oxygen atoms in total. The van der Waals surface area contributed by atoms with Crippen molar-refractivity contribution in [3.05, 3.63) is 60.0 Å². The van der Waals surface area contributed by atoms with Crippen LogP contribution in [0.4, 0.5) is 32.0 Å². The van der Waals surface area contributed by atoms with Crippen LogP contribution in [0.3, 0.4) is 0 Å². The van der Waals surface area contributed by atoms with Crippen molar-refractivity contribution in [3.8, 4) is 0 Å². The molecule has 1 saturated heterocycles. The largest absolute Gasteiger partial charge is 0.490 e. The fraction of sp³-hybridized carbons (Fsp3) is 0.440. The van der Waals surface area contributed by atoms with Crippen molar-refractivity contribution in [1.82, 2.24) is 19.5 Å². The van der Waals surface area contributed by atoms with E-state index in [1.807, 2.05) is 16.8 Å². The maximum absolute atomic E-state index is 10.6. The van der Waals surface area contributed by atoms with Crippen molar-refractivity contribution in [3.63, 3.8) is 0 Å². The molecule has 0 amide bonds. The molecule has 3 N–H and O–H groups in total. The van der Waals surface area contributed by atoms with Crippen molar-refractivity contribution in [1.29, 1.82) is 0 Å². The quantitative estimate of drug-likeness (QED) is 0.342. The van der Waals surface area contributed by atoms with Gasteiger partial charge in [0.25, 0.3) is 0 Å². The van der Waals surface area contributed by atoms with E-state index in [1.165, 1.54) is 18.5 Å². The van der Waals surface area contributed by atoms with Crippen LogP contribution in [0.2, 0.25) is 0 Å². The highest BCUT2D eigenvalue weighted by Gasteiger charge is 2.38.